The van der Waals surface area contributed by atoms with Crippen LogP contribution >= 0.6 is 33.9 Å². The molecule has 3 nitrogen and oxygen atoms in total. The monoisotopic (exact) mass is 356 g/mol. The van der Waals surface area contributed by atoms with Crippen molar-refractivity contribution in [3.05, 3.63) is 55.8 Å². The first-order valence-corrected chi connectivity index (χ1v) is 6.84. The van der Waals surface area contributed by atoms with Crippen molar-refractivity contribution in [3.8, 4) is 0 Å². The molecule has 1 heterocycles. The molecule has 1 aromatic carbocycles. The zero-order valence-electron chi connectivity index (χ0n) is 8.76. The number of thiophene rings is 1. The molecular weight excluding hydrogens is 347 g/mol. The first-order chi connectivity index (χ1) is 8.25. The summed E-state index contributed by atoms with van der Waals surface area (Å²) in [6.07, 6.45) is 1.63. The summed E-state index contributed by atoms with van der Waals surface area (Å²) in [4.78, 5) is 12.2. The second-order valence-electron chi connectivity index (χ2n) is 3.23. The van der Waals surface area contributed by atoms with Gasteiger partial charge in [-0.2, -0.15) is 5.10 Å². The van der Waals surface area contributed by atoms with Crippen LogP contribution < -0.4 is 5.43 Å². The predicted molar refractivity (Wildman–Crippen MR) is 78.5 cm³/mol. The molecule has 0 aliphatic carbocycles. The number of carbonyl (C=O) groups is 1. The summed E-state index contributed by atoms with van der Waals surface area (Å²) in [5.74, 6) is -0.179. The van der Waals surface area contributed by atoms with Crippen LogP contribution in [0.25, 0.3) is 0 Å². The van der Waals surface area contributed by atoms with Gasteiger partial charge in [-0.1, -0.05) is 18.2 Å². The molecule has 1 aromatic heterocycles. The number of hydrogen-bond donors (Lipinski definition) is 1. The van der Waals surface area contributed by atoms with E-state index in [2.05, 4.69) is 33.1 Å². The van der Waals surface area contributed by atoms with Crippen molar-refractivity contribution in [2.24, 2.45) is 5.10 Å². The van der Waals surface area contributed by atoms with Crippen LogP contribution in [-0.2, 0) is 0 Å². The van der Waals surface area contributed by atoms with Gasteiger partial charge in [-0.3, -0.25) is 4.79 Å². The lowest BCUT2D eigenvalue weighted by Crippen LogP contribution is -2.16. The van der Waals surface area contributed by atoms with E-state index in [0.29, 0.717) is 4.88 Å². The lowest BCUT2D eigenvalue weighted by Gasteiger charge is -1.96. The minimum atomic E-state index is -0.179. The quantitative estimate of drug-likeness (QED) is 0.513. The van der Waals surface area contributed by atoms with Gasteiger partial charge in [0.15, 0.2) is 0 Å². The van der Waals surface area contributed by atoms with Gasteiger partial charge < -0.3 is 0 Å². The third kappa shape index (κ3) is 3.64. The van der Waals surface area contributed by atoms with Crippen molar-refractivity contribution in [2.75, 3.05) is 0 Å². The number of amides is 1. The van der Waals surface area contributed by atoms with Gasteiger partial charge in [0.1, 0.15) is 0 Å². The molecule has 17 heavy (non-hydrogen) atoms. The van der Waals surface area contributed by atoms with Gasteiger partial charge in [-0.05, 0) is 51.7 Å². The highest BCUT2D eigenvalue weighted by Crippen LogP contribution is 2.08. The molecule has 1 amide bonds. The molecule has 0 bridgehead atoms. The zero-order chi connectivity index (χ0) is 12.1. The Labute approximate surface area is 117 Å². The molecule has 1 N–H and O–H groups in total. The first kappa shape index (κ1) is 12.3. The largest absolute Gasteiger partial charge is 0.281 e. The normalized spacial score (nSPS) is 10.6. The first-order valence-electron chi connectivity index (χ1n) is 4.88. The average molecular weight is 356 g/mol. The van der Waals surface area contributed by atoms with E-state index >= 15 is 0 Å². The summed E-state index contributed by atoms with van der Waals surface area (Å²) in [6, 6.07) is 11.5. The second-order valence-corrected chi connectivity index (χ2v) is 5.42. The van der Waals surface area contributed by atoms with E-state index in [4.69, 9.17) is 0 Å². The average Bonchev–Trinajstić information content (AvgIpc) is 2.82. The third-order valence-electron chi connectivity index (χ3n) is 1.97. The van der Waals surface area contributed by atoms with Gasteiger partial charge in [0.05, 0.1) is 11.1 Å². The van der Waals surface area contributed by atoms with Crippen molar-refractivity contribution in [1.29, 1.82) is 0 Å². The molecular formula is C12H9IN2OS. The Hall–Kier alpha value is -1.21. The van der Waals surface area contributed by atoms with Gasteiger partial charge in [0, 0.05) is 3.57 Å². The van der Waals surface area contributed by atoms with Crippen LogP contribution in [0.2, 0.25) is 0 Å². The van der Waals surface area contributed by atoms with Crippen LogP contribution in [0.5, 0.6) is 0 Å². The van der Waals surface area contributed by atoms with Gasteiger partial charge in [0.25, 0.3) is 5.91 Å². The van der Waals surface area contributed by atoms with Gasteiger partial charge in [-0.15, -0.1) is 11.3 Å². The minimum absolute atomic E-state index is 0.179. The summed E-state index contributed by atoms with van der Waals surface area (Å²) in [5.41, 5.74) is 3.45. The van der Waals surface area contributed by atoms with Crippen LogP contribution in [0.1, 0.15) is 15.2 Å². The molecule has 2 aromatic rings. The number of nitrogens with one attached hydrogen (secondary N) is 1. The Kier molecular flexibility index (Phi) is 4.27. The van der Waals surface area contributed by atoms with Crippen molar-refractivity contribution in [2.45, 2.75) is 0 Å². The molecule has 5 heteroatoms. The minimum Gasteiger partial charge on any atom is -0.266 e. The van der Waals surface area contributed by atoms with Gasteiger partial charge in [0.2, 0.25) is 0 Å². The van der Waals surface area contributed by atoms with Crippen molar-refractivity contribution in [3.63, 3.8) is 0 Å². The highest BCUT2D eigenvalue weighted by molar-refractivity contribution is 14.1. The van der Waals surface area contributed by atoms with E-state index in [1.54, 1.807) is 12.3 Å². The molecule has 0 unspecified atom stereocenters. The van der Waals surface area contributed by atoms with Crippen LogP contribution in [0.15, 0.2) is 46.9 Å². The molecule has 0 saturated heterocycles. The fourth-order valence-corrected chi connectivity index (χ4v) is 2.40. The number of carbonyl (C=O) groups excluding carboxylic acids is 1. The Morgan fingerprint density at radius 1 is 1.35 bits per heavy atom. The number of hydrogen-bond acceptors (Lipinski definition) is 3. The van der Waals surface area contributed by atoms with Crippen molar-refractivity contribution >= 4 is 46.0 Å². The summed E-state index contributed by atoms with van der Waals surface area (Å²) in [7, 11) is 0. The molecule has 0 aliphatic rings. The summed E-state index contributed by atoms with van der Waals surface area (Å²) in [6.45, 7) is 0. The second kappa shape index (κ2) is 5.92. The van der Waals surface area contributed by atoms with Crippen LogP contribution in [0, 0.1) is 3.57 Å². The molecule has 0 saturated carbocycles. The Bertz CT molecular complexity index is 537. The molecule has 86 valence electrons. The Balaban J connectivity index is 1.96. The van der Waals surface area contributed by atoms with E-state index in [9.17, 15) is 4.79 Å². The van der Waals surface area contributed by atoms with E-state index in [0.717, 1.165) is 9.13 Å². The summed E-state index contributed by atoms with van der Waals surface area (Å²) in [5, 5.41) is 5.78. The lowest BCUT2D eigenvalue weighted by atomic mass is 10.2. The maximum absolute atomic E-state index is 11.5. The van der Waals surface area contributed by atoms with Crippen molar-refractivity contribution in [1.82, 2.24) is 5.43 Å². The molecule has 0 spiro atoms. The van der Waals surface area contributed by atoms with Crippen LogP contribution in [-0.4, -0.2) is 12.1 Å². The van der Waals surface area contributed by atoms with Gasteiger partial charge >= 0.3 is 0 Å². The molecule has 0 fully saturated rings. The number of nitrogens with zero attached hydrogens (tertiary/aromatic N) is 1. The van der Waals surface area contributed by atoms with Crippen LogP contribution in [0.3, 0.4) is 0 Å². The molecule has 0 radical (unpaired) electrons. The van der Waals surface area contributed by atoms with E-state index in [-0.39, 0.29) is 5.91 Å². The predicted octanol–water partition coefficient (Wildman–Crippen LogP) is 3.12. The SMILES string of the molecule is O=C(N/N=C\c1cccc(I)c1)c1cccs1. The Morgan fingerprint density at radius 3 is 2.94 bits per heavy atom. The molecule has 0 aliphatic heterocycles. The highest BCUT2D eigenvalue weighted by Gasteiger charge is 2.03. The maximum Gasteiger partial charge on any atom is 0.281 e. The number of benzene rings is 1. The molecule has 2 rings (SSSR count). The smallest absolute Gasteiger partial charge is 0.266 e. The van der Waals surface area contributed by atoms with Gasteiger partial charge in [-0.25, -0.2) is 5.43 Å². The summed E-state index contributed by atoms with van der Waals surface area (Å²) < 4.78 is 1.14. The maximum atomic E-state index is 11.5. The standard InChI is InChI=1S/C12H9IN2OS/c13-10-4-1-3-9(7-10)8-14-15-12(16)11-5-2-6-17-11/h1-8H,(H,15,16)/b14-8-. The van der Waals surface area contributed by atoms with Crippen LogP contribution in [0.4, 0.5) is 0 Å². The number of rotatable bonds is 3. The fraction of sp³-hybridized carbons (Fsp3) is 0. The van der Waals surface area contributed by atoms with E-state index in [1.165, 1.54) is 11.3 Å². The highest BCUT2D eigenvalue weighted by atomic mass is 127. The third-order valence-corrected chi connectivity index (χ3v) is 3.51. The van der Waals surface area contributed by atoms with E-state index < -0.39 is 0 Å². The number of hydrazone groups is 1. The van der Waals surface area contributed by atoms with E-state index in [1.807, 2.05) is 35.7 Å². The Morgan fingerprint density at radius 2 is 2.24 bits per heavy atom. The zero-order valence-corrected chi connectivity index (χ0v) is 11.7. The lowest BCUT2D eigenvalue weighted by molar-refractivity contribution is 0.0959. The van der Waals surface area contributed by atoms with Crippen molar-refractivity contribution < 1.29 is 4.79 Å². The fourth-order valence-electron chi connectivity index (χ4n) is 1.22. The molecule has 0 atom stereocenters. The summed E-state index contributed by atoms with van der Waals surface area (Å²) >= 11 is 3.62. The topological polar surface area (TPSA) is 41.5 Å². The number of halogens is 1.